The molecule has 3 aromatic carbocycles. The van der Waals surface area contributed by atoms with E-state index in [2.05, 4.69) is 63.1 Å². The topological polar surface area (TPSA) is 213 Å². The summed E-state index contributed by atoms with van der Waals surface area (Å²) in [6, 6.07) is 20.4. The number of ether oxygens (including phenoxy) is 2. The van der Waals surface area contributed by atoms with E-state index >= 15 is 0 Å². The Bertz CT molecular complexity index is 1840. The van der Waals surface area contributed by atoms with Crippen molar-refractivity contribution < 1.29 is 43.3 Å². The number of benzene rings is 3. The number of aliphatic hydroxyl groups excluding tert-OH is 1. The van der Waals surface area contributed by atoms with Crippen LogP contribution >= 0.6 is 0 Å². The average Bonchev–Trinajstić information content (AvgIpc) is 3.26. The lowest BCUT2D eigenvalue weighted by Crippen LogP contribution is -2.57. The summed E-state index contributed by atoms with van der Waals surface area (Å²) in [5.41, 5.74) is 4.36. The minimum Gasteiger partial charge on any atom is -0.445 e. The summed E-state index contributed by atoms with van der Waals surface area (Å²) in [6.07, 6.45) is 2.89. The predicted octanol–water partition coefficient (Wildman–Crippen LogP) is 4.02. The zero-order valence-electron chi connectivity index (χ0n) is 34.8. The first-order valence-corrected chi connectivity index (χ1v) is 20.8. The van der Waals surface area contributed by atoms with Crippen molar-refractivity contribution in [3.63, 3.8) is 0 Å². The number of nitrogens with one attached hydrogen (secondary N) is 6. The molecular weight excluding hydrogens is 769 g/mol. The maximum absolute atomic E-state index is 14.0. The lowest BCUT2D eigenvalue weighted by atomic mass is 10.0. The van der Waals surface area contributed by atoms with Crippen LogP contribution in [0, 0.1) is 0 Å². The normalized spacial score (nSPS) is 18.7. The summed E-state index contributed by atoms with van der Waals surface area (Å²) in [7, 11) is 1.30. The number of hydrogen-bond acceptors (Lipinski definition) is 9. The summed E-state index contributed by atoms with van der Waals surface area (Å²) in [5, 5.41) is 26.5. The molecule has 1 heterocycles. The van der Waals surface area contributed by atoms with Crippen molar-refractivity contribution in [2.24, 2.45) is 0 Å². The molecule has 7 N–H and O–H groups in total. The van der Waals surface area contributed by atoms with Crippen molar-refractivity contribution in [3.8, 4) is 11.1 Å². The third-order valence-corrected chi connectivity index (χ3v) is 10.2. The summed E-state index contributed by atoms with van der Waals surface area (Å²) >= 11 is 0. The van der Waals surface area contributed by atoms with E-state index in [0.29, 0.717) is 31.2 Å². The molecule has 6 amide bonds. The Kier molecular flexibility index (Phi) is 19.5. The number of unbranched alkanes of at least 4 members (excludes halogenated alkanes) is 2. The van der Waals surface area contributed by atoms with Gasteiger partial charge < -0.3 is 46.5 Å². The van der Waals surface area contributed by atoms with Crippen LogP contribution in [0.25, 0.3) is 11.1 Å². The fourth-order valence-electron chi connectivity index (χ4n) is 6.60. The van der Waals surface area contributed by atoms with Crippen molar-refractivity contribution in [1.82, 2.24) is 31.9 Å². The largest absolute Gasteiger partial charge is 0.445 e. The predicted molar refractivity (Wildman–Crippen MR) is 226 cm³/mol. The van der Waals surface area contributed by atoms with Gasteiger partial charge in [0.25, 0.3) is 5.91 Å². The van der Waals surface area contributed by atoms with Crippen LogP contribution in [0.15, 0.2) is 78.9 Å². The van der Waals surface area contributed by atoms with Gasteiger partial charge in [-0.1, -0.05) is 80.1 Å². The lowest BCUT2D eigenvalue weighted by molar-refractivity contribution is -0.136. The van der Waals surface area contributed by atoms with Gasteiger partial charge in [-0.15, -0.1) is 0 Å². The first-order valence-electron chi connectivity index (χ1n) is 20.8. The van der Waals surface area contributed by atoms with E-state index in [9.17, 15) is 33.9 Å². The number of methoxy groups -OCH3 is 1. The highest BCUT2D eigenvalue weighted by atomic mass is 16.6. The fraction of sp³-hybridized carbons (Fsp3) is 0.467. The molecule has 0 aliphatic carbocycles. The zero-order chi connectivity index (χ0) is 43.3. The second-order valence-corrected chi connectivity index (χ2v) is 15.0. The average molecular weight is 829 g/mol. The maximum atomic E-state index is 14.0. The second-order valence-electron chi connectivity index (χ2n) is 15.0. The monoisotopic (exact) mass is 828 g/mol. The van der Waals surface area contributed by atoms with Crippen molar-refractivity contribution in [2.45, 2.75) is 115 Å². The van der Waals surface area contributed by atoms with Crippen LogP contribution in [0.5, 0.6) is 0 Å². The standard InChI is InChI=1S/C45H60N6O9/c1-4-5-12-31-17-19-33(20-18-31)34-21-23-35(24-22-34)41(54)49-36(15-9-10-27-47-45(58)60-29-32-13-7-6-8-14-32)43(56)50-37-25-26-39(52)46-28-11-16-38(44(57)59-3)51-40(53)30(2)48-42(37)55/h6-8,13-14,17-24,30,36-38,44,57H,4-5,9-12,15-16,25-29H2,1-3H3,(H,46,52)(H,47,58)(H,48,55)(H,49,54)(H,50,56)(H,51,53)/t30-,36-,37-,38-,44?/m0/s1. The molecule has 15 heteroatoms. The molecule has 1 saturated heterocycles. The van der Waals surface area contributed by atoms with E-state index in [1.807, 2.05) is 42.5 Å². The molecule has 4 rings (SSSR count). The van der Waals surface area contributed by atoms with Crippen molar-refractivity contribution in [1.29, 1.82) is 0 Å². The third-order valence-electron chi connectivity index (χ3n) is 10.2. The number of carbonyl (C=O) groups excluding carboxylic acids is 6. The molecule has 60 heavy (non-hydrogen) atoms. The highest BCUT2D eigenvalue weighted by Gasteiger charge is 2.31. The van der Waals surface area contributed by atoms with Crippen LogP contribution in [0.2, 0.25) is 0 Å². The SMILES string of the molecule is CCCCc1ccc(-c2ccc(C(=O)N[C@@H](CCCCNC(=O)OCc3ccccc3)C(=O)N[C@H]3CCC(=O)NCCC[C@@H](C(O)OC)NC(=O)[C@H](C)NC3=O)cc2)cc1. The van der Waals surface area contributed by atoms with Gasteiger partial charge in [0.2, 0.25) is 23.6 Å². The molecular formula is C45H60N6O9. The number of rotatable bonds is 17. The number of aryl methyl sites for hydroxylation is 1. The van der Waals surface area contributed by atoms with E-state index in [0.717, 1.165) is 36.0 Å². The van der Waals surface area contributed by atoms with Crippen molar-refractivity contribution in [3.05, 3.63) is 95.6 Å². The van der Waals surface area contributed by atoms with Gasteiger partial charge in [0.1, 0.15) is 24.7 Å². The highest BCUT2D eigenvalue weighted by Crippen LogP contribution is 2.21. The Labute approximate surface area is 352 Å². The molecule has 1 aliphatic heterocycles. The molecule has 1 fully saturated rings. The molecule has 3 aromatic rings. The smallest absolute Gasteiger partial charge is 0.407 e. The number of carbonyl (C=O) groups is 6. The summed E-state index contributed by atoms with van der Waals surface area (Å²) in [6.45, 7) is 4.24. The lowest BCUT2D eigenvalue weighted by Gasteiger charge is -2.27. The van der Waals surface area contributed by atoms with E-state index in [-0.39, 0.29) is 44.9 Å². The third kappa shape index (κ3) is 15.8. The molecule has 1 aliphatic rings. The van der Waals surface area contributed by atoms with Crippen molar-refractivity contribution >= 4 is 35.6 Å². The molecule has 0 bridgehead atoms. The first kappa shape index (κ1) is 46.9. The maximum Gasteiger partial charge on any atom is 0.407 e. The molecule has 324 valence electrons. The zero-order valence-corrected chi connectivity index (χ0v) is 34.8. The summed E-state index contributed by atoms with van der Waals surface area (Å²) in [4.78, 5) is 79.3. The first-order chi connectivity index (χ1) is 29.0. The quantitative estimate of drug-likeness (QED) is 0.0773. The van der Waals surface area contributed by atoms with Gasteiger partial charge in [0, 0.05) is 32.2 Å². The van der Waals surface area contributed by atoms with E-state index in [1.165, 1.54) is 19.6 Å². The molecule has 1 unspecified atom stereocenters. The number of alkyl carbamates (subject to hydrolysis) is 1. The van der Waals surface area contributed by atoms with Crippen LogP contribution in [-0.4, -0.2) is 91.4 Å². The minimum absolute atomic E-state index is 0.0838. The van der Waals surface area contributed by atoms with E-state index in [4.69, 9.17) is 9.47 Å². The van der Waals surface area contributed by atoms with Gasteiger partial charge >= 0.3 is 6.09 Å². The van der Waals surface area contributed by atoms with Crippen LogP contribution in [-0.2, 0) is 41.7 Å². The Morgan fingerprint density at radius 1 is 0.850 bits per heavy atom. The Morgan fingerprint density at radius 3 is 2.23 bits per heavy atom. The number of aliphatic hydroxyl groups is 1. The van der Waals surface area contributed by atoms with Crippen LogP contribution < -0.4 is 31.9 Å². The van der Waals surface area contributed by atoms with Crippen molar-refractivity contribution in [2.75, 3.05) is 20.2 Å². The van der Waals surface area contributed by atoms with Crippen LogP contribution in [0.4, 0.5) is 4.79 Å². The number of amides is 6. The minimum atomic E-state index is -1.31. The Hall–Kier alpha value is -5.80. The molecule has 15 nitrogen and oxygen atoms in total. The van der Waals surface area contributed by atoms with Gasteiger partial charge in [0.15, 0.2) is 6.29 Å². The summed E-state index contributed by atoms with van der Waals surface area (Å²) in [5.74, 6) is -2.81. The van der Waals surface area contributed by atoms with Gasteiger partial charge in [-0.25, -0.2) is 4.79 Å². The molecule has 0 spiro atoms. The van der Waals surface area contributed by atoms with Crippen LogP contribution in [0.3, 0.4) is 0 Å². The van der Waals surface area contributed by atoms with Gasteiger partial charge in [0.05, 0.1) is 6.04 Å². The Balaban J connectivity index is 1.44. The highest BCUT2D eigenvalue weighted by molar-refractivity contribution is 5.99. The van der Waals surface area contributed by atoms with E-state index in [1.54, 1.807) is 12.1 Å². The molecule has 0 aromatic heterocycles. The van der Waals surface area contributed by atoms with E-state index < -0.39 is 60.2 Å². The fourth-order valence-corrected chi connectivity index (χ4v) is 6.60. The molecule has 0 saturated carbocycles. The number of hydrogen-bond donors (Lipinski definition) is 7. The molecule has 5 atom stereocenters. The molecule has 0 radical (unpaired) electrons. The summed E-state index contributed by atoms with van der Waals surface area (Å²) < 4.78 is 10.3. The second kappa shape index (κ2) is 25.0. The van der Waals surface area contributed by atoms with Crippen LogP contribution in [0.1, 0.15) is 93.1 Å². The van der Waals surface area contributed by atoms with Gasteiger partial charge in [-0.3, -0.25) is 24.0 Å². The van der Waals surface area contributed by atoms with Gasteiger partial charge in [-0.05, 0) is 92.7 Å². The Morgan fingerprint density at radius 2 is 1.55 bits per heavy atom. The van der Waals surface area contributed by atoms with Gasteiger partial charge in [-0.2, -0.15) is 0 Å².